The smallest absolute Gasteiger partial charge is 0.210 e. The summed E-state index contributed by atoms with van der Waals surface area (Å²) in [4.78, 5) is 17.0. The number of ether oxygens (including phenoxy) is 1. The molecule has 1 N–H and O–H groups in total. The number of carbonyl (C=O) groups is 1. The molecule has 1 aliphatic heterocycles. The summed E-state index contributed by atoms with van der Waals surface area (Å²) in [5.41, 5.74) is 5.96. The Kier molecular flexibility index (Phi) is 6.87. The van der Waals surface area contributed by atoms with Crippen LogP contribution in [0.5, 0.6) is 5.75 Å². The Bertz CT molecular complexity index is 1220. The van der Waals surface area contributed by atoms with Gasteiger partial charge in [0, 0.05) is 32.6 Å². The molecule has 0 saturated heterocycles. The molecule has 0 bridgehead atoms. The number of aryl methyl sites for hydroxylation is 1. The molecule has 5 rings (SSSR count). The molecule has 1 aromatic heterocycles. The number of benzene rings is 3. The highest BCUT2D eigenvalue weighted by molar-refractivity contribution is 9.10. The van der Waals surface area contributed by atoms with Crippen molar-refractivity contribution >= 4 is 44.8 Å². The number of carbonyl (C=O) groups excluding carboxylic acids is 1. The van der Waals surface area contributed by atoms with Gasteiger partial charge < -0.3 is 14.6 Å². The quantitative estimate of drug-likeness (QED) is 0.311. The van der Waals surface area contributed by atoms with Gasteiger partial charge in [0.1, 0.15) is 5.75 Å². The molecule has 1 atom stereocenters. The van der Waals surface area contributed by atoms with Crippen molar-refractivity contribution in [1.29, 1.82) is 0 Å². The van der Waals surface area contributed by atoms with E-state index in [0.717, 1.165) is 51.4 Å². The van der Waals surface area contributed by atoms with E-state index in [2.05, 4.69) is 64.2 Å². The summed E-state index contributed by atoms with van der Waals surface area (Å²) in [5.74, 6) is 0.833. The molecule has 4 aromatic rings. The van der Waals surface area contributed by atoms with Gasteiger partial charge in [-0.1, -0.05) is 57.4 Å². The second-order valence-corrected chi connectivity index (χ2v) is 9.12. The number of hydrogen-bond donors (Lipinski definition) is 1. The van der Waals surface area contributed by atoms with Crippen LogP contribution in [0, 0.1) is 6.92 Å². The van der Waals surface area contributed by atoms with Crippen LogP contribution in [-0.2, 0) is 11.2 Å². The van der Waals surface area contributed by atoms with Crippen molar-refractivity contribution in [2.24, 2.45) is 0 Å². The van der Waals surface area contributed by atoms with E-state index in [-0.39, 0.29) is 6.04 Å². The van der Waals surface area contributed by atoms with Crippen LogP contribution in [-0.4, -0.2) is 29.9 Å². The maximum absolute atomic E-state index is 11.6. The maximum atomic E-state index is 11.6. The number of nitrogens with zero attached hydrogens (tertiary/aromatic N) is 1. The summed E-state index contributed by atoms with van der Waals surface area (Å²) in [5, 5.41) is 1.98. The maximum Gasteiger partial charge on any atom is 0.210 e. The standard InChI is InChI=1S/C19H17BrN2O.C7H7ClO/c1-12-2-4-13(5-3-12)19-18-15(8-9-22(19)11-23)16-10-14(20)6-7-17(16)21-18;1-9-7-4-2-6(8)3-5-7/h2-7,10-11,19,21H,8-9H2,1H3;2-5H,1H3. The second-order valence-electron chi connectivity index (χ2n) is 7.77. The van der Waals surface area contributed by atoms with Crippen molar-refractivity contribution in [2.45, 2.75) is 19.4 Å². The first-order chi connectivity index (χ1) is 15.5. The molecular weight excluding hydrogens is 488 g/mol. The van der Waals surface area contributed by atoms with Crippen LogP contribution >= 0.6 is 27.5 Å². The van der Waals surface area contributed by atoms with Gasteiger partial charge in [0.25, 0.3) is 0 Å². The SMILES string of the molecule is COc1ccc(Cl)cc1.Cc1ccc(C2c3[nH]c4ccc(Br)cc4c3CCN2C=O)cc1. The van der Waals surface area contributed by atoms with E-state index in [1.165, 1.54) is 16.5 Å². The van der Waals surface area contributed by atoms with E-state index in [9.17, 15) is 4.79 Å². The summed E-state index contributed by atoms with van der Waals surface area (Å²) in [6, 6.07) is 21.9. The Labute approximate surface area is 201 Å². The number of amides is 1. The first kappa shape index (κ1) is 22.4. The van der Waals surface area contributed by atoms with Gasteiger partial charge >= 0.3 is 0 Å². The summed E-state index contributed by atoms with van der Waals surface area (Å²) in [6.45, 7) is 2.82. The van der Waals surface area contributed by atoms with Gasteiger partial charge in [-0.25, -0.2) is 0 Å². The minimum absolute atomic E-state index is 0.0389. The van der Waals surface area contributed by atoms with Crippen molar-refractivity contribution < 1.29 is 9.53 Å². The fraction of sp³-hybridized carbons (Fsp3) is 0.192. The first-order valence-corrected chi connectivity index (χ1v) is 11.5. The highest BCUT2D eigenvalue weighted by atomic mass is 79.9. The van der Waals surface area contributed by atoms with E-state index in [1.54, 1.807) is 19.2 Å². The van der Waals surface area contributed by atoms with Gasteiger partial charge in [-0.05, 0) is 66.9 Å². The van der Waals surface area contributed by atoms with Crippen molar-refractivity contribution in [2.75, 3.05) is 13.7 Å². The third-order valence-corrected chi connectivity index (χ3v) is 6.45. The van der Waals surface area contributed by atoms with E-state index in [4.69, 9.17) is 16.3 Å². The highest BCUT2D eigenvalue weighted by Gasteiger charge is 2.30. The minimum Gasteiger partial charge on any atom is -0.497 e. The van der Waals surface area contributed by atoms with Crippen molar-refractivity contribution in [3.63, 3.8) is 0 Å². The Morgan fingerprint density at radius 2 is 1.81 bits per heavy atom. The zero-order chi connectivity index (χ0) is 22.7. The molecule has 3 aromatic carbocycles. The Morgan fingerprint density at radius 3 is 2.47 bits per heavy atom. The first-order valence-electron chi connectivity index (χ1n) is 10.4. The number of aromatic nitrogens is 1. The van der Waals surface area contributed by atoms with E-state index >= 15 is 0 Å². The predicted molar refractivity (Wildman–Crippen MR) is 133 cm³/mol. The number of H-pyrrole nitrogens is 1. The number of halogens is 2. The van der Waals surface area contributed by atoms with E-state index in [0.29, 0.717) is 0 Å². The third kappa shape index (κ3) is 4.69. The number of rotatable bonds is 3. The summed E-state index contributed by atoms with van der Waals surface area (Å²) in [6.07, 6.45) is 1.85. The molecule has 0 radical (unpaired) electrons. The second kappa shape index (κ2) is 9.80. The average Bonchev–Trinajstić information content (AvgIpc) is 3.18. The van der Waals surface area contributed by atoms with Gasteiger partial charge in [0.15, 0.2) is 0 Å². The topological polar surface area (TPSA) is 45.3 Å². The molecule has 0 fully saturated rings. The predicted octanol–water partition coefficient (Wildman–Crippen LogP) is 6.69. The molecule has 2 heterocycles. The van der Waals surface area contributed by atoms with Crippen LogP contribution in [0.3, 0.4) is 0 Å². The fourth-order valence-corrected chi connectivity index (χ4v) is 4.56. The molecule has 164 valence electrons. The Balaban J connectivity index is 0.000000230. The molecule has 4 nitrogen and oxygen atoms in total. The number of nitrogens with one attached hydrogen (secondary N) is 1. The lowest BCUT2D eigenvalue weighted by Crippen LogP contribution is -2.34. The molecule has 6 heteroatoms. The molecule has 1 amide bonds. The third-order valence-electron chi connectivity index (χ3n) is 5.70. The molecule has 32 heavy (non-hydrogen) atoms. The van der Waals surface area contributed by atoms with Crippen molar-refractivity contribution in [1.82, 2.24) is 9.88 Å². The van der Waals surface area contributed by atoms with Crippen LogP contribution in [0.1, 0.15) is 28.4 Å². The number of hydrogen-bond acceptors (Lipinski definition) is 2. The number of aromatic amines is 1. The van der Waals surface area contributed by atoms with E-state index in [1.807, 2.05) is 23.1 Å². The summed E-state index contributed by atoms with van der Waals surface area (Å²) >= 11 is 9.17. The van der Waals surface area contributed by atoms with Gasteiger partial charge in [-0.15, -0.1) is 0 Å². The molecule has 1 aliphatic rings. The lowest BCUT2D eigenvalue weighted by Gasteiger charge is -2.33. The highest BCUT2D eigenvalue weighted by Crippen LogP contribution is 2.38. The summed E-state index contributed by atoms with van der Waals surface area (Å²) in [7, 11) is 1.63. The lowest BCUT2D eigenvalue weighted by molar-refractivity contribution is -0.120. The minimum atomic E-state index is -0.0389. The van der Waals surface area contributed by atoms with Gasteiger partial charge in [-0.3, -0.25) is 4.79 Å². The monoisotopic (exact) mass is 510 g/mol. The van der Waals surface area contributed by atoms with Crippen molar-refractivity contribution in [3.05, 3.63) is 98.6 Å². The van der Waals surface area contributed by atoms with Crippen LogP contribution < -0.4 is 4.74 Å². The zero-order valence-corrected chi connectivity index (χ0v) is 20.3. The molecular formula is C26H24BrClN2O2. The number of methoxy groups -OCH3 is 1. The van der Waals surface area contributed by atoms with Gasteiger partial charge in [-0.2, -0.15) is 0 Å². The molecule has 1 unspecified atom stereocenters. The van der Waals surface area contributed by atoms with Crippen LogP contribution in [0.15, 0.2) is 71.2 Å². The largest absolute Gasteiger partial charge is 0.497 e. The lowest BCUT2D eigenvalue weighted by atomic mass is 9.92. The Hall–Kier alpha value is -2.76. The zero-order valence-electron chi connectivity index (χ0n) is 17.9. The van der Waals surface area contributed by atoms with Crippen LogP contribution in [0.25, 0.3) is 10.9 Å². The van der Waals surface area contributed by atoms with Crippen LogP contribution in [0.2, 0.25) is 5.02 Å². The van der Waals surface area contributed by atoms with Crippen LogP contribution in [0.4, 0.5) is 0 Å². The van der Waals surface area contributed by atoms with E-state index < -0.39 is 0 Å². The fourth-order valence-electron chi connectivity index (χ4n) is 4.07. The molecule has 0 aliphatic carbocycles. The van der Waals surface area contributed by atoms with Gasteiger partial charge in [0.2, 0.25) is 6.41 Å². The Morgan fingerprint density at radius 1 is 1.09 bits per heavy atom. The van der Waals surface area contributed by atoms with Gasteiger partial charge in [0.05, 0.1) is 13.2 Å². The average molecular weight is 512 g/mol. The molecule has 0 spiro atoms. The number of fused-ring (bicyclic) bond motifs is 3. The normalized spacial score (nSPS) is 15.0. The summed E-state index contributed by atoms with van der Waals surface area (Å²) < 4.78 is 5.99. The molecule has 0 saturated carbocycles. The van der Waals surface area contributed by atoms with Crippen molar-refractivity contribution in [3.8, 4) is 5.75 Å².